The molecule has 102 valence electrons. The maximum atomic E-state index is 11.4. The van der Waals surface area contributed by atoms with Gasteiger partial charge in [-0.3, -0.25) is 0 Å². The summed E-state index contributed by atoms with van der Waals surface area (Å²) in [4.78, 5) is 11.4. The fraction of sp³-hybridized carbons (Fsp3) is 0.643. The zero-order chi connectivity index (χ0) is 13.8. The van der Waals surface area contributed by atoms with E-state index in [-0.39, 0.29) is 17.2 Å². The Hall–Kier alpha value is -1.29. The molecule has 0 aliphatic carbocycles. The van der Waals surface area contributed by atoms with Crippen LogP contribution < -0.4 is 5.32 Å². The summed E-state index contributed by atoms with van der Waals surface area (Å²) in [5.41, 5.74) is 0.186. The second kappa shape index (κ2) is 6.05. The summed E-state index contributed by atoms with van der Waals surface area (Å²) >= 11 is 0. The lowest BCUT2D eigenvalue weighted by atomic mass is 9.87. The normalized spacial score (nSPS) is 13.4. The summed E-state index contributed by atoms with van der Waals surface area (Å²) in [5.74, 6) is 0.601. The monoisotopic (exact) mass is 253 g/mol. The van der Waals surface area contributed by atoms with Gasteiger partial charge in [-0.2, -0.15) is 0 Å². The minimum absolute atomic E-state index is 0.119. The summed E-state index contributed by atoms with van der Waals surface area (Å²) in [6.45, 7) is 9.46. The number of rotatable bonds is 5. The van der Waals surface area contributed by atoms with Crippen LogP contribution >= 0.6 is 0 Å². The Labute approximate surface area is 109 Å². The third kappa shape index (κ3) is 4.18. The van der Waals surface area contributed by atoms with Gasteiger partial charge in [0.2, 0.25) is 5.76 Å². The van der Waals surface area contributed by atoms with Gasteiger partial charge in [-0.25, -0.2) is 4.79 Å². The van der Waals surface area contributed by atoms with E-state index >= 15 is 0 Å². The molecule has 4 nitrogen and oxygen atoms in total. The topological polar surface area (TPSA) is 51.5 Å². The van der Waals surface area contributed by atoms with Crippen molar-refractivity contribution in [2.45, 2.75) is 40.2 Å². The van der Waals surface area contributed by atoms with Gasteiger partial charge in [0.05, 0.1) is 13.2 Å². The fourth-order valence-electron chi connectivity index (χ4n) is 1.88. The average Bonchev–Trinajstić information content (AvgIpc) is 2.75. The van der Waals surface area contributed by atoms with Gasteiger partial charge in [0.1, 0.15) is 5.76 Å². The van der Waals surface area contributed by atoms with Crippen LogP contribution in [0.5, 0.6) is 0 Å². The van der Waals surface area contributed by atoms with Crippen molar-refractivity contribution in [3.05, 3.63) is 23.7 Å². The predicted molar refractivity (Wildman–Crippen MR) is 70.5 cm³/mol. The summed E-state index contributed by atoms with van der Waals surface area (Å²) < 4.78 is 10.2. The molecule has 0 aromatic carbocycles. The van der Waals surface area contributed by atoms with Crippen molar-refractivity contribution >= 4 is 5.97 Å². The Morgan fingerprint density at radius 3 is 2.61 bits per heavy atom. The molecule has 0 aliphatic rings. The van der Waals surface area contributed by atoms with Crippen LogP contribution in [0.3, 0.4) is 0 Å². The number of carbonyl (C=O) groups excluding carboxylic acids is 1. The lowest BCUT2D eigenvalue weighted by Crippen LogP contribution is -2.25. The largest absolute Gasteiger partial charge is 0.463 e. The third-order valence-corrected chi connectivity index (χ3v) is 2.62. The van der Waals surface area contributed by atoms with Crippen molar-refractivity contribution in [3.63, 3.8) is 0 Å². The number of carbonyl (C=O) groups is 1. The zero-order valence-corrected chi connectivity index (χ0v) is 11.9. The maximum Gasteiger partial charge on any atom is 0.373 e. The molecule has 1 rings (SSSR count). The highest BCUT2D eigenvalue weighted by Gasteiger charge is 2.23. The quantitative estimate of drug-likeness (QED) is 0.819. The lowest BCUT2D eigenvalue weighted by Gasteiger charge is -2.25. The van der Waals surface area contributed by atoms with Gasteiger partial charge in [-0.15, -0.1) is 0 Å². The molecule has 0 amide bonds. The van der Waals surface area contributed by atoms with Gasteiger partial charge in [0, 0.05) is 0 Å². The van der Waals surface area contributed by atoms with Crippen molar-refractivity contribution in [2.75, 3.05) is 13.7 Å². The first-order valence-corrected chi connectivity index (χ1v) is 6.29. The second-order valence-corrected chi connectivity index (χ2v) is 5.57. The number of hydrogen-bond donors (Lipinski definition) is 1. The Balaban J connectivity index is 2.85. The van der Waals surface area contributed by atoms with Gasteiger partial charge in [-0.05, 0) is 30.5 Å². The van der Waals surface area contributed by atoms with E-state index in [1.54, 1.807) is 6.07 Å². The van der Waals surface area contributed by atoms with E-state index in [0.29, 0.717) is 0 Å². The van der Waals surface area contributed by atoms with E-state index in [9.17, 15) is 4.79 Å². The molecule has 18 heavy (non-hydrogen) atoms. The Bertz CT molecular complexity index is 390. The fourth-order valence-corrected chi connectivity index (χ4v) is 1.88. The first-order chi connectivity index (χ1) is 8.37. The first-order valence-electron chi connectivity index (χ1n) is 6.29. The van der Waals surface area contributed by atoms with Crippen LogP contribution in [0.2, 0.25) is 0 Å². The number of ether oxygens (including phenoxy) is 1. The van der Waals surface area contributed by atoms with Crippen molar-refractivity contribution in [1.82, 2.24) is 5.32 Å². The van der Waals surface area contributed by atoms with E-state index in [1.165, 1.54) is 7.11 Å². The Morgan fingerprint density at radius 1 is 1.44 bits per heavy atom. The van der Waals surface area contributed by atoms with Gasteiger partial charge in [0.15, 0.2) is 0 Å². The van der Waals surface area contributed by atoms with Gasteiger partial charge < -0.3 is 14.5 Å². The van der Waals surface area contributed by atoms with Crippen LogP contribution in [0, 0.1) is 5.41 Å². The van der Waals surface area contributed by atoms with Crippen LogP contribution in [-0.2, 0) is 4.74 Å². The molecule has 0 radical (unpaired) electrons. The number of nitrogens with one attached hydrogen (secondary N) is 1. The molecule has 0 fully saturated rings. The SMILES string of the molecule is CCNC(CC(C)(C)C)c1ccc(C(=O)OC)o1. The highest BCUT2D eigenvalue weighted by Crippen LogP contribution is 2.30. The molecule has 0 saturated carbocycles. The van der Waals surface area contributed by atoms with Crippen LogP contribution in [0.4, 0.5) is 0 Å². The number of furan rings is 1. The van der Waals surface area contributed by atoms with E-state index in [1.807, 2.05) is 6.07 Å². The number of esters is 1. The van der Waals surface area contributed by atoms with Crippen molar-refractivity contribution in [2.24, 2.45) is 5.41 Å². The van der Waals surface area contributed by atoms with Crippen LogP contribution in [0.25, 0.3) is 0 Å². The highest BCUT2D eigenvalue weighted by atomic mass is 16.5. The summed E-state index contributed by atoms with van der Waals surface area (Å²) in [7, 11) is 1.35. The van der Waals surface area contributed by atoms with Gasteiger partial charge >= 0.3 is 5.97 Å². The zero-order valence-electron chi connectivity index (χ0n) is 11.9. The molecule has 1 aromatic rings. The molecule has 0 aliphatic heterocycles. The summed E-state index contributed by atoms with van der Waals surface area (Å²) in [5, 5.41) is 3.38. The number of hydrogen-bond acceptors (Lipinski definition) is 4. The molecule has 0 saturated heterocycles. The van der Waals surface area contributed by atoms with E-state index < -0.39 is 5.97 Å². The molecule has 1 aromatic heterocycles. The van der Waals surface area contributed by atoms with Crippen molar-refractivity contribution < 1.29 is 13.9 Å². The molecular formula is C14H23NO3. The van der Waals surface area contributed by atoms with Crippen molar-refractivity contribution in [1.29, 1.82) is 0 Å². The van der Waals surface area contributed by atoms with Crippen LogP contribution in [-0.4, -0.2) is 19.6 Å². The summed E-state index contributed by atoms with van der Waals surface area (Å²) in [6.07, 6.45) is 0.939. The van der Waals surface area contributed by atoms with E-state index in [2.05, 4.69) is 37.7 Å². The Kier molecular flexibility index (Phi) is 4.96. The van der Waals surface area contributed by atoms with Gasteiger partial charge in [0.25, 0.3) is 0 Å². The van der Waals surface area contributed by atoms with Gasteiger partial charge in [-0.1, -0.05) is 27.7 Å². The highest BCUT2D eigenvalue weighted by molar-refractivity contribution is 5.86. The molecule has 1 unspecified atom stereocenters. The molecule has 4 heteroatoms. The van der Waals surface area contributed by atoms with Crippen LogP contribution in [0.1, 0.15) is 56.5 Å². The molecule has 0 spiro atoms. The van der Waals surface area contributed by atoms with E-state index in [4.69, 9.17) is 4.42 Å². The standard InChI is InChI=1S/C14H23NO3/c1-6-15-10(9-14(2,3)4)11-7-8-12(18-11)13(16)17-5/h7-8,10,15H,6,9H2,1-5H3. The number of methoxy groups -OCH3 is 1. The lowest BCUT2D eigenvalue weighted by molar-refractivity contribution is 0.0561. The minimum atomic E-state index is -0.438. The smallest absolute Gasteiger partial charge is 0.373 e. The molecular weight excluding hydrogens is 230 g/mol. The van der Waals surface area contributed by atoms with Crippen molar-refractivity contribution in [3.8, 4) is 0 Å². The molecule has 0 bridgehead atoms. The molecule has 1 heterocycles. The first kappa shape index (κ1) is 14.8. The molecule has 1 atom stereocenters. The maximum absolute atomic E-state index is 11.4. The third-order valence-electron chi connectivity index (χ3n) is 2.62. The predicted octanol–water partition coefficient (Wildman–Crippen LogP) is 3.15. The molecule has 1 N–H and O–H groups in total. The average molecular weight is 253 g/mol. The van der Waals surface area contributed by atoms with E-state index in [0.717, 1.165) is 18.7 Å². The second-order valence-electron chi connectivity index (χ2n) is 5.57. The van der Waals surface area contributed by atoms with Crippen LogP contribution in [0.15, 0.2) is 16.5 Å². The Morgan fingerprint density at radius 2 is 2.11 bits per heavy atom. The summed E-state index contributed by atoms with van der Waals surface area (Å²) in [6, 6.07) is 3.62. The minimum Gasteiger partial charge on any atom is -0.463 e.